The molecule has 1 aliphatic heterocycles. The van der Waals surface area contributed by atoms with E-state index in [4.69, 9.17) is 0 Å². The number of Topliss-reactive ketones (excluding diaryl/α,β-unsaturated/α-hetero) is 1. The summed E-state index contributed by atoms with van der Waals surface area (Å²) in [7, 11) is 0. The largest absolute Gasteiger partial charge is 0.289 e. The summed E-state index contributed by atoms with van der Waals surface area (Å²) in [5, 5.41) is -0.184. The van der Waals surface area contributed by atoms with Crippen molar-refractivity contribution in [3.8, 4) is 0 Å². The van der Waals surface area contributed by atoms with Crippen LogP contribution in [0.4, 0.5) is 0 Å². The van der Waals surface area contributed by atoms with Crippen LogP contribution < -0.4 is 0 Å². The zero-order valence-corrected chi connectivity index (χ0v) is 17.8. The van der Waals surface area contributed by atoms with Crippen LogP contribution in [0.15, 0.2) is 29.4 Å². The third-order valence-corrected chi connectivity index (χ3v) is 6.69. The molecular formula is C21H30N2O2S2. The first-order chi connectivity index (χ1) is 13.2. The van der Waals surface area contributed by atoms with Gasteiger partial charge < -0.3 is 0 Å². The van der Waals surface area contributed by atoms with Gasteiger partial charge in [0.25, 0.3) is 0 Å². The second-order valence-corrected chi connectivity index (χ2v) is 9.16. The lowest BCUT2D eigenvalue weighted by Gasteiger charge is -2.02. The summed E-state index contributed by atoms with van der Waals surface area (Å²) in [6, 6.07) is 4.21. The van der Waals surface area contributed by atoms with Gasteiger partial charge >= 0.3 is 0 Å². The number of thioether (sulfide) groups is 2. The van der Waals surface area contributed by atoms with Crippen molar-refractivity contribution in [2.45, 2.75) is 77.2 Å². The molecule has 0 aliphatic carbocycles. The van der Waals surface area contributed by atoms with Crippen LogP contribution in [0.2, 0.25) is 0 Å². The molecule has 1 aliphatic rings. The third kappa shape index (κ3) is 8.18. The van der Waals surface area contributed by atoms with Gasteiger partial charge in [0.05, 0.1) is 0 Å². The van der Waals surface area contributed by atoms with Gasteiger partial charge in [-0.2, -0.15) is 0 Å². The van der Waals surface area contributed by atoms with Crippen LogP contribution in [-0.2, 0) is 4.79 Å². The molecule has 0 N–H and O–H groups in total. The van der Waals surface area contributed by atoms with Crippen LogP contribution in [0.25, 0.3) is 0 Å². The predicted octanol–water partition coefficient (Wildman–Crippen LogP) is 5.92. The zero-order chi connectivity index (χ0) is 19.3. The lowest BCUT2D eigenvalue weighted by molar-refractivity contribution is -0.110. The summed E-state index contributed by atoms with van der Waals surface area (Å²) in [5.74, 6) is 0.655. The quantitative estimate of drug-likeness (QED) is 0.231. The van der Waals surface area contributed by atoms with Crippen LogP contribution in [0, 0.1) is 0 Å². The molecule has 1 aromatic heterocycles. The molecule has 2 heterocycles. The molecule has 0 fully saturated rings. The van der Waals surface area contributed by atoms with E-state index in [1.807, 2.05) is 0 Å². The number of unbranched alkanes of at least 4 members (excludes halogenated alkanes) is 9. The van der Waals surface area contributed by atoms with E-state index in [1.54, 1.807) is 36.2 Å². The van der Waals surface area contributed by atoms with Crippen LogP contribution in [0.1, 0.15) is 81.6 Å². The van der Waals surface area contributed by atoms with Gasteiger partial charge in [-0.05, 0) is 30.3 Å². The molecule has 27 heavy (non-hydrogen) atoms. The molecule has 1 unspecified atom stereocenters. The summed E-state index contributed by atoms with van der Waals surface area (Å²) < 4.78 is 0.727. The molecule has 1 aromatic rings. The Morgan fingerprint density at radius 1 is 1.04 bits per heavy atom. The fourth-order valence-electron chi connectivity index (χ4n) is 2.96. The minimum atomic E-state index is -0.917. The summed E-state index contributed by atoms with van der Waals surface area (Å²) in [5.41, 5.74) is 0.307. The monoisotopic (exact) mass is 406 g/mol. The van der Waals surface area contributed by atoms with E-state index >= 15 is 0 Å². The maximum absolute atomic E-state index is 12.3. The Labute approximate surface area is 171 Å². The molecule has 6 heteroatoms. The van der Waals surface area contributed by atoms with Crippen molar-refractivity contribution in [1.82, 2.24) is 4.98 Å². The molecule has 0 saturated heterocycles. The Morgan fingerprint density at radius 2 is 1.70 bits per heavy atom. The highest BCUT2D eigenvalue weighted by molar-refractivity contribution is 8.45. The highest BCUT2D eigenvalue weighted by Crippen LogP contribution is 2.29. The molecule has 148 valence electrons. The number of aromatic nitrogens is 1. The molecular weight excluding hydrogens is 376 g/mol. The van der Waals surface area contributed by atoms with E-state index in [0.29, 0.717) is 5.69 Å². The van der Waals surface area contributed by atoms with Crippen molar-refractivity contribution in [2.75, 3.05) is 5.75 Å². The molecule has 0 radical (unpaired) electrons. The predicted molar refractivity (Wildman–Crippen MR) is 117 cm³/mol. The third-order valence-electron chi connectivity index (χ3n) is 4.53. The number of hydrogen-bond donors (Lipinski definition) is 0. The van der Waals surface area contributed by atoms with Crippen LogP contribution in [0.5, 0.6) is 0 Å². The van der Waals surface area contributed by atoms with Gasteiger partial charge in [-0.1, -0.05) is 82.5 Å². The Balaban J connectivity index is 1.57. The lowest BCUT2D eigenvalue weighted by atomic mass is 10.1. The smallest absolute Gasteiger partial charge is 0.228 e. The highest BCUT2D eigenvalue weighted by atomic mass is 32.2. The number of hydrogen-bond acceptors (Lipinski definition) is 6. The van der Waals surface area contributed by atoms with Gasteiger partial charge in [-0.25, -0.2) is 0 Å². The van der Waals surface area contributed by atoms with Crippen molar-refractivity contribution < 1.29 is 9.59 Å². The number of aliphatic imine (C=N–C) groups is 1. The van der Waals surface area contributed by atoms with Gasteiger partial charge in [0, 0.05) is 11.9 Å². The number of rotatable bonds is 13. The van der Waals surface area contributed by atoms with E-state index < -0.39 is 6.04 Å². The van der Waals surface area contributed by atoms with E-state index in [-0.39, 0.29) is 10.9 Å². The fourth-order valence-corrected chi connectivity index (χ4v) is 4.99. The van der Waals surface area contributed by atoms with Crippen molar-refractivity contribution in [3.63, 3.8) is 0 Å². The van der Waals surface area contributed by atoms with E-state index in [0.717, 1.165) is 28.3 Å². The molecule has 0 spiro atoms. The summed E-state index contributed by atoms with van der Waals surface area (Å²) in [6.45, 7) is 2.25. The van der Waals surface area contributed by atoms with Crippen molar-refractivity contribution in [1.29, 1.82) is 0 Å². The van der Waals surface area contributed by atoms with Gasteiger partial charge in [0.1, 0.15) is 10.1 Å². The molecule has 0 saturated carbocycles. The van der Waals surface area contributed by atoms with Crippen molar-refractivity contribution in [2.24, 2.45) is 4.99 Å². The summed E-state index contributed by atoms with van der Waals surface area (Å²) in [4.78, 5) is 32.8. The van der Waals surface area contributed by atoms with Gasteiger partial charge in [-0.3, -0.25) is 19.6 Å². The number of nitrogens with zero attached hydrogens (tertiary/aromatic N) is 2. The first-order valence-electron chi connectivity index (χ1n) is 10.1. The fraction of sp³-hybridized carbons (Fsp3) is 0.619. The zero-order valence-electron chi connectivity index (χ0n) is 16.2. The number of ketones is 1. The minimum absolute atomic E-state index is 0.184. The standard InChI is InChI=1S/C21H30N2O2S2/c1-2-3-4-5-6-7-8-9-10-13-16-26-21-23-18(20(25)27-21)19(24)17-14-11-12-15-22-17/h11-12,14-15,18H,2-10,13,16H2,1H3. The van der Waals surface area contributed by atoms with Crippen molar-refractivity contribution in [3.05, 3.63) is 30.1 Å². The number of pyridine rings is 1. The molecule has 0 amide bonds. The van der Waals surface area contributed by atoms with E-state index in [9.17, 15) is 9.59 Å². The number of carbonyl (C=O) groups excluding carboxylic acids is 2. The molecule has 0 bridgehead atoms. The highest BCUT2D eigenvalue weighted by Gasteiger charge is 2.35. The minimum Gasteiger partial charge on any atom is -0.289 e. The lowest BCUT2D eigenvalue weighted by Crippen LogP contribution is -2.24. The Bertz CT molecular complexity index is 620. The molecule has 0 aromatic carbocycles. The Kier molecular flexibility index (Phi) is 10.8. The first kappa shape index (κ1) is 22.2. The normalized spacial score (nSPS) is 16.6. The van der Waals surface area contributed by atoms with E-state index in [2.05, 4.69) is 16.9 Å². The topological polar surface area (TPSA) is 59.4 Å². The summed E-state index contributed by atoms with van der Waals surface area (Å²) in [6.07, 6.45) is 14.7. The maximum Gasteiger partial charge on any atom is 0.228 e. The number of carbonyl (C=O) groups is 2. The molecule has 1 atom stereocenters. The first-order valence-corrected chi connectivity index (χ1v) is 11.9. The van der Waals surface area contributed by atoms with Gasteiger partial charge in [-0.15, -0.1) is 0 Å². The van der Waals surface area contributed by atoms with Crippen LogP contribution in [0.3, 0.4) is 0 Å². The van der Waals surface area contributed by atoms with Gasteiger partial charge in [0.2, 0.25) is 10.9 Å². The van der Waals surface area contributed by atoms with Crippen LogP contribution in [-0.4, -0.2) is 32.1 Å². The van der Waals surface area contributed by atoms with Crippen LogP contribution >= 0.6 is 23.5 Å². The Hall–Kier alpha value is -1.14. The Morgan fingerprint density at radius 3 is 2.33 bits per heavy atom. The summed E-state index contributed by atoms with van der Waals surface area (Å²) >= 11 is 2.70. The maximum atomic E-state index is 12.3. The second kappa shape index (κ2) is 13.1. The SMILES string of the molecule is CCCCCCCCCCCCSC1=NC(C(=O)c2ccccn2)C(=O)S1. The van der Waals surface area contributed by atoms with Gasteiger partial charge in [0.15, 0.2) is 6.04 Å². The average molecular weight is 407 g/mol. The van der Waals surface area contributed by atoms with E-state index in [1.165, 1.54) is 57.8 Å². The molecule has 2 rings (SSSR count). The second-order valence-electron chi connectivity index (χ2n) is 6.83. The molecule has 4 nitrogen and oxygen atoms in total. The average Bonchev–Trinajstić information content (AvgIpc) is 3.06. The van der Waals surface area contributed by atoms with Crippen molar-refractivity contribution >= 4 is 38.8 Å².